The van der Waals surface area contributed by atoms with Crippen molar-refractivity contribution >= 4 is 11.9 Å². The number of nitrogens with zero attached hydrogens (tertiary/aromatic N) is 1. The van der Waals surface area contributed by atoms with Crippen LogP contribution in [0.15, 0.2) is 42.5 Å². The monoisotopic (exact) mass is 329 g/mol. The molecule has 0 unspecified atom stereocenters. The highest BCUT2D eigenvalue weighted by molar-refractivity contribution is 5.87. The molecule has 1 atom stereocenters. The van der Waals surface area contributed by atoms with Crippen LogP contribution in [0.1, 0.15) is 21.5 Å². The molecule has 0 fully saturated rings. The molecule has 1 N–H and O–H groups in total. The molecule has 1 heterocycles. The molecule has 0 spiro atoms. The van der Waals surface area contributed by atoms with Crippen LogP contribution < -0.4 is 4.74 Å². The van der Waals surface area contributed by atoms with E-state index in [1.165, 1.54) is 23.1 Å². The number of para-hydroxylation sites is 1. The Kier molecular flexibility index (Phi) is 4.20. The molecule has 3 rings (SSSR count). The molecule has 0 aromatic heterocycles. The Morgan fingerprint density at radius 2 is 1.96 bits per heavy atom. The first-order valence-corrected chi connectivity index (χ1v) is 7.47. The van der Waals surface area contributed by atoms with E-state index in [2.05, 4.69) is 0 Å². The third-order valence-corrected chi connectivity index (χ3v) is 3.99. The van der Waals surface area contributed by atoms with Crippen LogP contribution in [0.2, 0.25) is 0 Å². The van der Waals surface area contributed by atoms with Crippen molar-refractivity contribution in [2.24, 2.45) is 0 Å². The molecule has 6 heteroatoms. The van der Waals surface area contributed by atoms with Gasteiger partial charge in [-0.3, -0.25) is 4.79 Å². The summed E-state index contributed by atoms with van der Waals surface area (Å²) in [7, 11) is 1.64. The Morgan fingerprint density at radius 3 is 2.58 bits per heavy atom. The lowest BCUT2D eigenvalue weighted by atomic mass is 10.1. The minimum atomic E-state index is -0.995. The summed E-state index contributed by atoms with van der Waals surface area (Å²) < 4.78 is 19.1. The SMILES string of the molecule is CN(Cc1ccc(C(=O)O)cc1)C(=O)[C@@H]1Cc2cccc(F)c2O1. The number of fused-ring (bicyclic) bond motifs is 1. The fourth-order valence-corrected chi connectivity index (χ4v) is 2.72. The predicted molar refractivity (Wildman–Crippen MR) is 84.4 cm³/mol. The van der Waals surface area contributed by atoms with Crippen LogP contribution in [0.3, 0.4) is 0 Å². The zero-order valence-electron chi connectivity index (χ0n) is 13.0. The van der Waals surface area contributed by atoms with Crippen LogP contribution in [0.5, 0.6) is 5.75 Å². The average Bonchev–Trinajstić information content (AvgIpc) is 3.00. The number of hydrogen-bond acceptors (Lipinski definition) is 3. The molecule has 0 saturated heterocycles. The number of rotatable bonds is 4. The van der Waals surface area contributed by atoms with Gasteiger partial charge in [0.1, 0.15) is 0 Å². The highest BCUT2D eigenvalue weighted by Gasteiger charge is 2.32. The van der Waals surface area contributed by atoms with Crippen molar-refractivity contribution in [2.45, 2.75) is 19.1 Å². The van der Waals surface area contributed by atoms with E-state index in [1.54, 1.807) is 31.3 Å². The Hall–Kier alpha value is -2.89. The van der Waals surface area contributed by atoms with Gasteiger partial charge in [0.2, 0.25) is 0 Å². The summed E-state index contributed by atoms with van der Waals surface area (Å²) in [5.41, 5.74) is 1.68. The maximum Gasteiger partial charge on any atom is 0.335 e. The lowest BCUT2D eigenvalue weighted by Crippen LogP contribution is -2.38. The molecule has 0 saturated carbocycles. The number of carboxylic acid groups (broad SMARTS) is 1. The average molecular weight is 329 g/mol. The molecular formula is C18H16FNO4. The lowest BCUT2D eigenvalue weighted by Gasteiger charge is -2.21. The van der Waals surface area contributed by atoms with Gasteiger partial charge in [0.25, 0.3) is 5.91 Å². The van der Waals surface area contributed by atoms with E-state index in [-0.39, 0.29) is 17.2 Å². The number of carbonyl (C=O) groups is 2. The maximum atomic E-state index is 13.7. The van der Waals surface area contributed by atoms with Gasteiger partial charge in [-0.2, -0.15) is 0 Å². The van der Waals surface area contributed by atoms with Gasteiger partial charge in [0, 0.05) is 25.6 Å². The fourth-order valence-electron chi connectivity index (χ4n) is 2.72. The van der Waals surface area contributed by atoms with Crippen molar-refractivity contribution in [1.82, 2.24) is 4.90 Å². The molecule has 1 aliphatic rings. The second-order valence-electron chi connectivity index (χ2n) is 5.74. The summed E-state index contributed by atoms with van der Waals surface area (Å²) >= 11 is 0. The van der Waals surface area contributed by atoms with E-state index in [0.717, 1.165) is 5.56 Å². The Bertz CT molecular complexity index is 788. The first-order chi connectivity index (χ1) is 11.5. The molecular weight excluding hydrogens is 313 g/mol. The number of carbonyl (C=O) groups excluding carboxylic acids is 1. The standard InChI is InChI=1S/C18H16FNO4/c1-20(10-11-5-7-12(8-6-11)18(22)23)17(21)15-9-13-3-2-4-14(19)16(13)24-15/h2-8,15H,9-10H2,1H3,(H,22,23)/t15-/m0/s1. The minimum absolute atomic E-state index is 0.148. The van der Waals surface area contributed by atoms with Crippen molar-refractivity contribution in [2.75, 3.05) is 7.05 Å². The van der Waals surface area contributed by atoms with E-state index >= 15 is 0 Å². The topological polar surface area (TPSA) is 66.8 Å². The third kappa shape index (κ3) is 3.08. The highest BCUT2D eigenvalue weighted by atomic mass is 19.1. The first-order valence-electron chi connectivity index (χ1n) is 7.47. The highest BCUT2D eigenvalue weighted by Crippen LogP contribution is 2.32. The molecule has 2 aromatic rings. The largest absolute Gasteiger partial charge is 0.478 e. The Morgan fingerprint density at radius 1 is 1.25 bits per heavy atom. The van der Waals surface area contributed by atoms with Crippen LogP contribution in [0.25, 0.3) is 0 Å². The van der Waals surface area contributed by atoms with E-state index in [4.69, 9.17) is 9.84 Å². The minimum Gasteiger partial charge on any atom is -0.478 e. The van der Waals surface area contributed by atoms with Crippen molar-refractivity contribution < 1.29 is 23.8 Å². The van der Waals surface area contributed by atoms with Gasteiger partial charge in [-0.15, -0.1) is 0 Å². The normalized spacial score (nSPS) is 15.5. The van der Waals surface area contributed by atoms with Gasteiger partial charge >= 0.3 is 5.97 Å². The van der Waals surface area contributed by atoms with Crippen LogP contribution in [0.4, 0.5) is 4.39 Å². The van der Waals surface area contributed by atoms with Crippen molar-refractivity contribution in [1.29, 1.82) is 0 Å². The number of hydrogen-bond donors (Lipinski definition) is 1. The quantitative estimate of drug-likeness (QED) is 0.936. The molecule has 0 aliphatic carbocycles. The predicted octanol–water partition coefficient (Wildman–Crippen LogP) is 2.49. The number of halogens is 1. The smallest absolute Gasteiger partial charge is 0.335 e. The summed E-state index contributed by atoms with van der Waals surface area (Å²) in [6.45, 7) is 0.317. The van der Waals surface area contributed by atoms with Crippen LogP contribution in [-0.2, 0) is 17.8 Å². The summed E-state index contributed by atoms with van der Waals surface area (Å²) in [6.07, 6.45) is -0.394. The molecule has 24 heavy (non-hydrogen) atoms. The second kappa shape index (κ2) is 6.31. The second-order valence-corrected chi connectivity index (χ2v) is 5.74. The maximum absolute atomic E-state index is 13.7. The van der Waals surface area contributed by atoms with Crippen molar-refractivity contribution in [3.05, 3.63) is 65.0 Å². The van der Waals surface area contributed by atoms with Gasteiger partial charge in [-0.1, -0.05) is 24.3 Å². The Labute approximate surface area is 138 Å². The van der Waals surface area contributed by atoms with E-state index in [9.17, 15) is 14.0 Å². The molecule has 1 aliphatic heterocycles. The summed E-state index contributed by atoms with van der Waals surface area (Å²) in [5.74, 6) is -1.55. The third-order valence-electron chi connectivity index (χ3n) is 3.99. The molecule has 2 aromatic carbocycles. The van der Waals surface area contributed by atoms with E-state index in [0.29, 0.717) is 18.5 Å². The van der Waals surface area contributed by atoms with Gasteiger partial charge < -0.3 is 14.7 Å². The van der Waals surface area contributed by atoms with Gasteiger partial charge in [-0.25, -0.2) is 9.18 Å². The number of benzene rings is 2. The molecule has 0 bridgehead atoms. The summed E-state index contributed by atoms with van der Waals surface area (Å²) in [4.78, 5) is 24.8. The molecule has 0 radical (unpaired) electrons. The first kappa shape index (κ1) is 16.0. The number of carboxylic acids is 1. The van der Waals surface area contributed by atoms with Gasteiger partial charge in [0.05, 0.1) is 5.56 Å². The van der Waals surface area contributed by atoms with Gasteiger partial charge in [-0.05, 0) is 23.8 Å². The molecule has 124 valence electrons. The van der Waals surface area contributed by atoms with Crippen LogP contribution >= 0.6 is 0 Å². The lowest BCUT2D eigenvalue weighted by molar-refractivity contribution is -0.137. The Balaban J connectivity index is 1.66. The van der Waals surface area contributed by atoms with Crippen LogP contribution in [0, 0.1) is 5.82 Å². The number of aromatic carboxylic acids is 1. The zero-order chi connectivity index (χ0) is 17.3. The van der Waals surface area contributed by atoms with Gasteiger partial charge in [0.15, 0.2) is 17.7 Å². The van der Waals surface area contributed by atoms with E-state index < -0.39 is 17.9 Å². The molecule has 5 nitrogen and oxygen atoms in total. The number of amides is 1. The fraction of sp³-hybridized carbons (Fsp3) is 0.222. The van der Waals surface area contributed by atoms with Crippen molar-refractivity contribution in [3.8, 4) is 5.75 Å². The van der Waals surface area contributed by atoms with Crippen molar-refractivity contribution in [3.63, 3.8) is 0 Å². The zero-order valence-corrected chi connectivity index (χ0v) is 13.0. The summed E-state index contributed by atoms with van der Waals surface area (Å²) in [6, 6.07) is 11.0. The molecule has 1 amide bonds. The summed E-state index contributed by atoms with van der Waals surface area (Å²) in [5, 5.41) is 8.89. The van der Waals surface area contributed by atoms with E-state index in [1.807, 2.05) is 0 Å². The number of ether oxygens (including phenoxy) is 1. The number of likely N-dealkylation sites (N-methyl/N-ethyl adjacent to an activating group) is 1. The van der Waals surface area contributed by atoms with Crippen LogP contribution in [-0.4, -0.2) is 35.0 Å².